The van der Waals surface area contributed by atoms with E-state index in [0.717, 1.165) is 11.6 Å². The predicted molar refractivity (Wildman–Crippen MR) is 126 cm³/mol. The van der Waals surface area contributed by atoms with Gasteiger partial charge in [0.15, 0.2) is 0 Å². The van der Waals surface area contributed by atoms with E-state index in [-0.39, 0.29) is 29.7 Å². The van der Waals surface area contributed by atoms with Crippen LogP contribution in [0.15, 0.2) is 78.1 Å². The van der Waals surface area contributed by atoms with Crippen molar-refractivity contribution in [3.63, 3.8) is 0 Å². The maximum Gasteiger partial charge on any atom is 0.416 e. The Morgan fingerprint density at radius 1 is 1.06 bits per heavy atom. The largest absolute Gasteiger partial charge is 0.475 e. The number of carbonyl (C=O) groups excluding carboxylic acids is 1. The highest BCUT2D eigenvalue weighted by Crippen LogP contribution is 2.49. The number of anilines is 1. The van der Waals surface area contributed by atoms with E-state index in [1.807, 2.05) is 18.2 Å². The van der Waals surface area contributed by atoms with Crippen molar-refractivity contribution < 1.29 is 27.4 Å². The van der Waals surface area contributed by atoms with Crippen LogP contribution in [0.1, 0.15) is 48.9 Å². The first-order valence-corrected chi connectivity index (χ1v) is 11.2. The number of nitrogens with one attached hydrogen (secondary N) is 1. The number of nitrogens with zero attached hydrogens (tertiary/aromatic N) is 1. The van der Waals surface area contributed by atoms with Crippen LogP contribution in [-0.4, -0.2) is 17.1 Å². The Hall–Kier alpha value is -3.81. The van der Waals surface area contributed by atoms with Crippen molar-refractivity contribution >= 4 is 11.7 Å². The van der Waals surface area contributed by atoms with Gasteiger partial charge in [0.25, 0.3) is 0 Å². The summed E-state index contributed by atoms with van der Waals surface area (Å²) in [5, 5.41) is 3.14. The molecule has 5 nitrogen and oxygen atoms in total. The fourth-order valence-electron chi connectivity index (χ4n) is 4.18. The number of alkyl halides is 3. The highest BCUT2D eigenvalue weighted by molar-refractivity contribution is 5.95. The van der Waals surface area contributed by atoms with E-state index in [4.69, 9.17) is 9.47 Å². The van der Waals surface area contributed by atoms with Gasteiger partial charge < -0.3 is 14.8 Å². The number of carbonyl (C=O) groups is 1. The Morgan fingerprint density at radius 2 is 1.74 bits per heavy atom. The third-order valence-electron chi connectivity index (χ3n) is 5.61. The summed E-state index contributed by atoms with van der Waals surface area (Å²) in [6.07, 6.45) is -3.40. The Morgan fingerprint density at radius 3 is 2.43 bits per heavy atom. The van der Waals surface area contributed by atoms with Crippen molar-refractivity contribution in [2.24, 2.45) is 0 Å². The SMILES string of the molecule is CC1=C(C(=O)OCc2ccccc2)C(c2ccccc2C(F)(F)F)c2c(ccnc2OC(C)C)N1. The van der Waals surface area contributed by atoms with Crippen LogP contribution >= 0.6 is 0 Å². The van der Waals surface area contributed by atoms with Crippen molar-refractivity contribution in [3.8, 4) is 5.88 Å². The van der Waals surface area contributed by atoms with Gasteiger partial charge in [-0.3, -0.25) is 0 Å². The summed E-state index contributed by atoms with van der Waals surface area (Å²) in [4.78, 5) is 17.7. The lowest BCUT2D eigenvalue weighted by atomic mass is 9.79. The molecule has 2 heterocycles. The molecule has 0 fully saturated rings. The van der Waals surface area contributed by atoms with Crippen LogP contribution in [0.4, 0.5) is 18.9 Å². The molecule has 1 unspecified atom stereocenters. The zero-order chi connectivity index (χ0) is 25.2. The number of ether oxygens (including phenoxy) is 2. The zero-order valence-electron chi connectivity index (χ0n) is 19.5. The third kappa shape index (κ3) is 5.16. The molecule has 0 aliphatic carbocycles. The molecule has 0 spiro atoms. The lowest BCUT2D eigenvalue weighted by Gasteiger charge is -2.32. The molecule has 3 aromatic rings. The standard InChI is InChI=1S/C27H25F3N2O3/c1-16(2)35-25-24-21(13-14-31-25)32-17(3)22(26(33)34-15-18-9-5-4-6-10-18)23(24)19-11-7-8-12-20(19)27(28,29)30/h4-14,16,23,32H,15H2,1-3H3. The monoisotopic (exact) mass is 482 g/mol. The molecule has 1 N–H and O–H groups in total. The van der Waals surface area contributed by atoms with Gasteiger partial charge in [-0.25, -0.2) is 9.78 Å². The minimum absolute atomic E-state index is 0.0145. The summed E-state index contributed by atoms with van der Waals surface area (Å²) < 4.78 is 53.7. The normalized spacial score (nSPS) is 15.5. The minimum atomic E-state index is -4.63. The Kier molecular flexibility index (Phi) is 6.82. The van der Waals surface area contributed by atoms with Crippen LogP contribution in [0, 0.1) is 0 Å². The second-order valence-electron chi connectivity index (χ2n) is 8.49. The van der Waals surface area contributed by atoms with Gasteiger partial charge in [0.05, 0.1) is 23.2 Å². The number of aromatic nitrogens is 1. The van der Waals surface area contributed by atoms with Crippen molar-refractivity contribution in [1.29, 1.82) is 0 Å². The van der Waals surface area contributed by atoms with Gasteiger partial charge in [0.2, 0.25) is 5.88 Å². The number of benzene rings is 2. The van der Waals surface area contributed by atoms with Gasteiger partial charge in [-0.05, 0) is 44.0 Å². The molecule has 0 amide bonds. The second-order valence-corrected chi connectivity index (χ2v) is 8.49. The summed E-state index contributed by atoms with van der Waals surface area (Å²) in [6, 6.07) is 16.0. The van der Waals surface area contributed by atoms with Gasteiger partial charge in [0, 0.05) is 23.1 Å². The van der Waals surface area contributed by atoms with Gasteiger partial charge in [-0.15, -0.1) is 0 Å². The molecule has 1 aromatic heterocycles. The predicted octanol–water partition coefficient (Wildman–Crippen LogP) is 6.46. The molecule has 8 heteroatoms. The van der Waals surface area contributed by atoms with Crippen molar-refractivity contribution in [2.75, 3.05) is 5.32 Å². The zero-order valence-corrected chi connectivity index (χ0v) is 19.5. The van der Waals surface area contributed by atoms with E-state index in [0.29, 0.717) is 16.9 Å². The molecule has 182 valence electrons. The quantitative estimate of drug-likeness (QED) is 0.409. The van der Waals surface area contributed by atoms with Crippen LogP contribution in [0.25, 0.3) is 0 Å². The summed E-state index contributed by atoms with van der Waals surface area (Å²) in [6.45, 7) is 5.23. The highest BCUT2D eigenvalue weighted by Gasteiger charge is 2.42. The van der Waals surface area contributed by atoms with E-state index in [1.165, 1.54) is 24.4 Å². The van der Waals surface area contributed by atoms with Crippen molar-refractivity contribution in [3.05, 3.63) is 100 Å². The molecule has 4 rings (SSSR count). The Balaban J connectivity index is 1.87. The van der Waals surface area contributed by atoms with E-state index in [2.05, 4.69) is 10.3 Å². The number of rotatable bonds is 6. The van der Waals surface area contributed by atoms with Crippen molar-refractivity contribution in [2.45, 2.75) is 45.6 Å². The fourth-order valence-corrected chi connectivity index (χ4v) is 4.18. The molecule has 1 aliphatic rings. The summed E-state index contributed by atoms with van der Waals surface area (Å²) >= 11 is 0. The van der Waals surface area contributed by atoms with Gasteiger partial charge in [0.1, 0.15) is 6.61 Å². The molecule has 0 saturated heterocycles. The lowest BCUT2D eigenvalue weighted by Crippen LogP contribution is -2.27. The maximum absolute atomic E-state index is 14.1. The first kappa shape index (κ1) is 24.3. The molecule has 0 bridgehead atoms. The number of esters is 1. The molecule has 0 saturated carbocycles. The first-order chi connectivity index (χ1) is 16.7. The molecular weight excluding hydrogens is 457 g/mol. The Bertz CT molecular complexity index is 1250. The van der Waals surface area contributed by atoms with Crippen LogP contribution in [0.2, 0.25) is 0 Å². The average Bonchev–Trinajstić information content (AvgIpc) is 2.81. The molecule has 0 radical (unpaired) electrons. The molecule has 2 aromatic carbocycles. The topological polar surface area (TPSA) is 60.5 Å². The van der Waals surface area contributed by atoms with E-state index < -0.39 is 23.6 Å². The molecular formula is C27H25F3N2O3. The minimum Gasteiger partial charge on any atom is -0.475 e. The number of allylic oxidation sites excluding steroid dienone is 1. The number of pyridine rings is 1. The fraction of sp³-hybridized carbons (Fsp3) is 0.259. The van der Waals surface area contributed by atoms with E-state index >= 15 is 0 Å². The highest BCUT2D eigenvalue weighted by atomic mass is 19.4. The van der Waals surface area contributed by atoms with Gasteiger partial charge in [-0.1, -0.05) is 48.5 Å². The summed E-state index contributed by atoms with van der Waals surface area (Å²) in [7, 11) is 0. The number of hydrogen-bond donors (Lipinski definition) is 1. The van der Waals surface area contributed by atoms with E-state index in [9.17, 15) is 18.0 Å². The molecule has 1 atom stereocenters. The maximum atomic E-state index is 14.1. The average molecular weight is 483 g/mol. The number of halogens is 3. The summed E-state index contributed by atoms with van der Waals surface area (Å²) in [5.74, 6) is -1.66. The smallest absolute Gasteiger partial charge is 0.416 e. The first-order valence-electron chi connectivity index (χ1n) is 11.2. The summed E-state index contributed by atoms with van der Waals surface area (Å²) in [5.41, 5.74) is 1.21. The third-order valence-corrected chi connectivity index (χ3v) is 5.61. The molecule has 1 aliphatic heterocycles. The second kappa shape index (κ2) is 9.82. The molecule has 35 heavy (non-hydrogen) atoms. The Labute approximate surface area is 201 Å². The number of hydrogen-bond acceptors (Lipinski definition) is 5. The van der Waals surface area contributed by atoms with Crippen LogP contribution < -0.4 is 10.1 Å². The van der Waals surface area contributed by atoms with Crippen molar-refractivity contribution in [1.82, 2.24) is 4.98 Å². The van der Waals surface area contributed by atoms with Crippen LogP contribution in [-0.2, 0) is 22.3 Å². The number of fused-ring (bicyclic) bond motifs is 1. The van der Waals surface area contributed by atoms with Gasteiger partial charge in [-0.2, -0.15) is 13.2 Å². The van der Waals surface area contributed by atoms with E-state index in [1.54, 1.807) is 39.0 Å². The van der Waals surface area contributed by atoms with Crippen LogP contribution in [0.3, 0.4) is 0 Å². The lowest BCUT2D eigenvalue weighted by molar-refractivity contribution is -0.141. The van der Waals surface area contributed by atoms with Crippen LogP contribution in [0.5, 0.6) is 5.88 Å². The van der Waals surface area contributed by atoms with Gasteiger partial charge >= 0.3 is 12.1 Å².